The van der Waals surface area contributed by atoms with Crippen molar-refractivity contribution < 1.29 is 23.0 Å². The number of piperidine rings is 1. The van der Waals surface area contributed by atoms with Crippen LogP contribution in [0, 0.1) is 17.6 Å². The van der Waals surface area contributed by atoms with E-state index in [2.05, 4.69) is 20.0 Å². The number of imidazole rings is 1. The van der Waals surface area contributed by atoms with Crippen LogP contribution in [0.2, 0.25) is 0 Å². The largest absolute Gasteiger partial charge is 0.391 e. The van der Waals surface area contributed by atoms with Crippen molar-refractivity contribution in [2.45, 2.75) is 31.2 Å². The molecule has 0 unspecified atom stereocenters. The zero-order valence-corrected chi connectivity index (χ0v) is 20.7. The van der Waals surface area contributed by atoms with Crippen molar-refractivity contribution in [1.29, 1.82) is 0 Å². The van der Waals surface area contributed by atoms with Crippen LogP contribution in [0.4, 0.5) is 18.9 Å². The highest BCUT2D eigenvalue weighted by atomic mass is 19.1. The highest BCUT2D eigenvalue weighted by Crippen LogP contribution is 2.37. The summed E-state index contributed by atoms with van der Waals surface area (Å²) >= 11 is 0. The van der Waals surface area contributed by atoms with Crippen molar-refractivity contribution in [2.24, 2.45) is 11.7 Å². The van der Waals surface area contributed by atoms with E-state index in [1.54, 1.807) is 29.2 Å². The molecule has 6 rings (SSSR count). The molecule has 4 aromatic rings. The molecule has 5 heterocycles. The fourth-order valence-electron chi connectivity index (χ4n) is 5.26. The lowest BCUT2D eigenvalue weighted by atomic mass is 9.92. The lowest BCUT2D eigenvalue weighted by molar-refractivity contribution is -0.135. The molecule has 2 aliphatic rings. The van der Waals surface area contributed by atoms with Gasteiger partial charge in [0.25, 0.3) is 0 Å². The Morgan fingerprint density at radius 2 is 1.89 bits per heavy atom. The minimum absolute atomic E-state index is 0.00322. The molecule has 8 nitrogen and oxygen atoms in total. The van der Waals surface area contributed by atoms with Gasteiger partial charge in [-0.1, -0.05) is 6.92 Å². The van der Waals surface area contributed by atoms with E-state index in [4.69, 9.17) is 10.5 Å². The minimum Gasteiger partial charge on any atom is -0.391 e. The maximum absolute atomic E-state index is 15.1. The van der Waals surface area contributed by atoms with Gasteiger partial charge in [-0.15, -0.1) is 0 Å². The number of aliphatic hydroxyl groups excluding tert-OH is 1. The molecule has 2 fully saturated rings. The van der Waals surface area contributed by atoms with E-state index < -0.39 is 23.4 Å². The number of alkyl halides is 1. The van der Waals surface area contributed by atoms with E-state index in [9.17, 15) is 9.50 Å². The molecule has 2 saturated heterocycles. The first-order valence-electron chi connectivity index (χ1n) is 12.5. The predicted octanol–water partition coefficient (Wildman–Crippen LogP) is 3.00. The molecule has 0 spiro atoms. The van der Waals surface area contributed by atoms with Crippen LogP contribution in [0.25, 0.3) is 16.8 Å². The van der Waals surface area contributed by atoms with Gasteiger partial charge in [-0.2, -0.15) is 5.10 Å². The second kappa shape index (κ2) is 9.33. The molecule has 0 aliphatic carbocycles. The molecule has 3 aromatic heterocycles. The third-order valence-electron chi connectivity index (χ3n) is 7.46. The number of ether oxygens (including phenoxy) is 1. The number of nitrogens with zero attached hydrogens (tertiary/aromatic N) is 5. The summed E-state index contributed by atoms with van der Waals surface area (Å²) in [6, 6.07) is 6.72. The summed E-state index contributed by atoms with van der Waals surface area (Å²) in [4.78, 5) is 10.9. The van der Waals surface area contributed by atoms with Crippen molar-refractivity contribution in [2.75, 3.05) is 31.2 Å². The first-order chi connectivity index (χ1) is 18.2. The summed E-state index contributed by atoms with van der Waals surface area (Å²) in [7, 11) is 0. The van der Waals surface area contributed by atoms with Crippen molar-refractivity contribution in [1.82, 2.24) is 19.6 Å². The Balaban J connectivity index is 1.34. The monoisotopic (exact) mass is 524 g/mol. The summed E-state index contributed by atoms with van der Waals surface area (Å²) in [6.45, 7) is 2.63. The van der Waals surface area contributed by atoms with Gasteiger partial charge in [0.05, 0.1) is 42.3 Å². The molecule has 3 atom stereocenters. The van der Waals surface area contributed by atoms with E-state index in [1.807, 2.05) is 13.0 Å². The number of pyridine rings is 1. The molecule has 0 amide bonds. The van der Waals surface area contributed by atoms with Crippen LogP contribution in [0.3, 0.4) is 0 Å². The molecule has 0 bridgehead atoms. The number of benzene rings is 1. The summed E-state index contributed by atoms with van der Waals surface area (Å²) < 4.78 is 51.2. The van der Waals surface area contributed by atoms with Crippen molar-refractivity contribution >= 4 is 11.2 Å². The molecule has 1 aromatic carbocycles. The van der Waals surface area contributed by atoms with Gasteiger partial charge in [0, 0.05) is 55.1 Å². The van der Waals surface area contributed by atoms with Gasteiger partial charge in [0.1, 0.15) is 17.5 Å². The fraction of sp³-hybridized carbons (Fsp3) is 0.370. The normalized spacial score (nSPS) is 23.0. The standard InChI is InChI=1S/C27H27F3N6O2/c1-15-11-35(12-21(31)26(15)37)23-4-5-32-9-16(23)6-24-33-10-18-2-3-22(34-36(18)24)25-19(28)7-17(8-20(25)29)27(30)13-38-14-27/h2-5,7-10,15,21,26,37H,6,11-14,31H2,1H3/t15-,21+,26+/m0/s1. The zero-order chi connectivity index (χ0) is 26.6. The van der Waals surface area contributed by atoms with Crippen molar-refractivity contribution in [3.8, 4) is 11.3 Å². The maximum Gasteiger partial charge on any atom is 0.182 e. The summed E-state index contributed by atoms with van der Waals surface area (Å²) in [5.74, 6) is -1.25. The molecule has 198 valence electrons. The van der Waals surface area contributed by atoms with E-state index in [1.165, 1.54) is 6.07 Å². The number of rotatable bonds is 5. The third kappa shape index (κ3) is 4.20. The summed E-state index contributed by atoms with van der Waals surface area (Å²) in [5.41, 5.74) is 6.38. The maximum atomic E-state index is 15.1. The Morgan fingerprint density at radius 3 is 2.58 bits per heavy atom. The van der Waals surface area contributed by atoms with Gasteiger partial charge in [0.2, 0.25) is 0 Å². The van der Waals surface area contributed by atoms with Gasteiger partial charge in [-0.25, -0.2) is 22.7 Å². The Labute approximate surface area is 216 Å². The highest BCUT2D eigenvalue weighted by molar-refractivity contribution is 5.64. The molecule has 0 saturated carbocycles. The van der Waals surface area contributed by atoms with Crippen molar-refractivity contribution in [3.05, 3.63) is 77.5 Å². The molecule has 11 heteroatoms. The number of aliphatic hydroxyl groups is 1. The predicted molar refractivity (Wildman–Crippen MR) is 134 cm³/mol. The molecule has 3 N–H and O–H groups in total. The molecule has 0 radical (unpaired) electrons. The van der Waals surface area contributed by atoms with Crippen LogP contribution < -0.4 is 10.6 Å². The number of anilines is 1. The Bertz CT molecular complexity index is 1470. The van der Waals surface area contributed by atoms with Gasteiger partial charge >= 0.3 is 0 Å². The Hall–Kier alpha value is -3.54. The quantitative estimate of drug-likeness (QED) is 0.414. The van der Waals surface area contributed by atoms with Gasteiger partial charge in [-0.3, -0.25) is 4.98 Å². The van der Waals surface area contributed by atoms with E-state index >= 15 is 8.78 Å². The first-order valence-corrected chi connectivity index (χ1v) is 12.5. The lowest BCUT2D eigenvalue weighted by Gasteiger charge is -2.40. The fourth-order valence-corrected chi connectivity index (χ4v) is 5.26. The third-order valence-corrected chi connectivity index (χ3v) is 7.46. The number of nitrogens with two attached hydrogens (primary N) is 1. The molecule has 38 heavy (non-hydrogen) atoms. The SMILES string of the molecule is C[C@H]1CN(c2ccncc2Cc2ncc3ccc(-c4c(F)cc(C5(F)COC5)cc4F)nn23)C[C@@H](N)[C@@H]1O. The van der Waals surface area contributed by atoms with Crippen LogP contribution in [0.5, 0.6) is 0 Å². The van der Waals surface area contributed by atoms with Crippen LogP contribution in [-0.2, 0) is 16.8 Å². The number of halogens is 3. The van der Waals surface area contributed by atoms with Crippen LogP contribution >= 0.6 is 0 Å². The topological polar surface area (TPSA) is 102 Å². The lowest BCUT2D eigenvalue weighted by Crippen LogP contribution is -2.55. The van der Waals surface area contributed by atoms with Gasteiger partial charge < -0.3 is 20.5 Å². The average Bonchev–Trinajstić information content (AvgIpc) is 3.27. The number of hydrogen-bond donors (Lipinski definition) is 2. The van der Waals surface area contributed by atoms with E-state index in [0.717, 1.165) is 23.4 Å². The second-order valence-corrected chi connectivity index (χ2v) is 10.2. The van der Waals surface area contributed by atoms with E-state index in [-0.39, 0.29) is 42.0 Å². The van der Waals surface area contributed by atoms with Crippen LogP contribution in [0.15, 0.2) is 48.9 Å². The van der Waals surface area contributed by atoms with Crippen LogP contribution in [0.1, 0.15) is 23.9 Å². The number of aromatic nitrogens is 4. The minimum atomic E-state index is -1.88. The first kappa shape index (κ1) is 24.8. The number of hydrogen-bond acceptors (Lipinski definition) is 7. The molecular formula is C27H27F3N6O2. The molecule has 2 aliphatic heterocycles. The van der Waals surface area contributed by atoms with Crippen molar-refractivity contribution in [3.63, 3.8) is 0 Å². The summed E-state index contributed by atoms with van der Waals surface area (Å²) in [6.07, 6.45) is 4.87. The Kier molecular flexibility index (Phi) is 6.09. The molecular weight excluding hydrogens is 497 g/mol. The van der Waals surface area contributed by atoms with E-state index in [0.29, 0.717) is 30.9 Å². The highest BCUT2D eigenvalue weighted by Gasteiger charge is 2.41. The summed E-state index contributed by atoms with van der Waals surface area (Å²) in [5, 5.41) is 14.8. The zero-order valence-electron chi connectivity index (χ0n) is 20.7. The Morgan fingerprint density at radius 1 is 1.13 bits per heavy atom. The second-order valence-electron chi connectivity index (χ2n) is 10.2. The van der Waals surface area contributed by atoms with Crippen LogP contribution in [-0.4, -0.2) is 63.1 Å². The number of fused-ring (bicyclic) bond motifs is 1. The smallest absolute Gasteiger partial charge is 0.182 e. The average molecular weight is 525 g/mol. The van der Waals surface area contributed by atoms with Gasteiger partial charge in [-0.05, 0) is 35.9 Å². The van der Waals surface area contributed by atoms with Gasteiger partial charge in [0.15, 0.2) is 5.67 Å².